The first kappa shape index (κ1) is 9.09. The van der Waals surface area contributed by atoms with Crippen LogP contribution in [0.4, 0.5) is 0 Å². The summed E-state index contributed by atoms with van der Waals surface area (Å²) in [5, 5.41) is 0.579. The molecule has 1 aliphatic heterocycles. The second-order valence-electron chi connectivity index (χ2n) is 3.54. The van der Waals surface area contributed by atoms with Crippen molar-refractivity contribution in [2.24, 2.45) is 12.8 Å². The van der Waals surface area contributed by atoms with Gasteiger partial charge in [-0.3, -0.25) is 0 Å². The predicted octanol–water partition coefficient (Wildman–Crippen LogP) is 1.32. The van der Waals surface area contributed by atoms with Gasteiger partial charge >= 0.3 is 0 Å². The fourth-order valence-electron chi connectivity index (χ4n) is 1.68. The zero-order valence-corrected chi connectivity index (χ0v) is 8.63. The van der Waals surface area contributed by atoms with Crippen LogP contribution in [0.2, 0.25) is 0 Å². The number of thioether (sulfide) groups is 1. The van der Waals surface area contributed by atoms with Crippen LogP contribution in [0, 0.1) is 0 Å². The fraction of sp³-hybridized carbons (Fsp3) is 0.667. The van der Waals surface area contributed by atoms with Crippen LogP contribution in [0.1, 0.15) is 24.6 Å². The van der Waals surface area contributed by atoms with Gasteiger partial charge in [-0.15, -0.1) is 0 Å². The molecule has 0 saturated carbocycles. The van der Waals surface area contributed by atoms with E-state index in [2.05, 4.69) is 4.98 Å². The van der Waals surface area contributed by atoms with Crippen LogP contribution in [-0.4, -0.2) is 20.6 Å². The lowest BCUT2D eigenvalue weighted by Crippen LogP contribution is -2.21. The number of imidazole rings is 1. The topological polar surface area (TPSA) is 43.8 Å². The van der Waals surface area contributed by atoms with Crippen molar-refractivity contribution in [1.82, 2.24) is 9.55 Å². The predicted molar refractivity (Wildman–Crippen MR) is 55.6 cm³/mol. The molecule has 0 aromatic carbocycles. The van der Waals surface area contributed by atoms with Crippen LogP contribution in [0.25, 0.3) is 0 Å². The van der Waals surface area contributed by atoms with Crippen LogP contribution in [-0.2, 0) is 7.05 Å². The summed E-state index contributed by atoms with van der Waals surface area (Å²) in [5.74, 6) is 1.26. The van der Waals surface area contributed by atoms with Crippen molar-refractivity contribution in [1.29, 1.82) is 0 Å². The average Bonchev–Trinajstić information content (AvgIpc) is 2.72. The van der Waals surface area contributed by atoms with Crippen molar-refractivity contribution in [3.63, 3.8) is 0 Å². The third-order valence-electron chi connectivity index (χ3n) is 2.43. The van der Waals surface area contributed by atoms with Gasteiger partial charge in [0.15, 0.2) is 0 Å². The Morgan fingerprint density at radius 2 is 2.62 bits per heavy atom. The Morgan fingerprint density at radius 1 is 1.77 bits per heavy atom. The summed E-state index contributed by atoms with van der Waals surface area (Å²) in [6, 6.07) is 0.119. The number of hydrogen-bond acceptors (Lipinski definition) is 3. The van der Waals surface area contributed by atoms with Gasteiger partial charge in [0, 0.05) is 18.5 Å². The van der Waals surface area contributed by atoms with Crippen molar-refractivity contribution in [2.45, 2.75) is 24.1 Å². The van der Waals surface area contributed by atoms with Crippen molar-refractivity contribution in [3.8, 4) is 0 Å². The second kappa shape index (κ2) is 3.72. The van der Waals surface area contributed by atoms with E-state index in [1.807, 2.05) is 35.9 Å². The van der Waals surface area contributed by atoms with E-state index in [1.54, 1.807) is 0 Å². The molecular formula is C9H15N3S. The quantitative estimate of drug-likeness (QED) is 0.777. The Balaban J connectivity index is 2.07. The summed E-state index contributed by atoms with van der Waals surface area (Å²) in [6.07, 6.45) is 6.37. The lowest BCUT2D eigenvalue weighted by atomic mass is 10.1. The molecule has 0 aliphatic carbocycles. The van der Waals surface area contributed by atoms with Gasteiger partial charge in [0.25, 0.3) is 0 Å². The van der Waals surface area contributed by atoms with E-state index in [1.165, 1.54) is 18.6 Å². The zero-order chi connectivity index (χ0) is 9.26. The third-order valence-corrected chi connectivity index (χ3v) is 3.91. The van der Waals surface area contributed by atoms with E-state index in [0.717, 1.165) is 5.69 Å². The minimum Gasteiger partial charge on any atom is -0.340 e. The molecule has 0 amide bonds. The number of rotatable bonds is 2. The highest BCUT2D eigenvalue weighted by atomic mass is 32.2. The lowest BCUT2D eigenvalue weighted by molar-refractivity contribution is 0.632. The molecule has 2 unspecified atom stereocenters. The Kier molecular flexibility index (Phi) is 2.60. The molecule has 1 aromatic heterocycles. The zero-order valence-electron chi connectivity index (χ0n) is 7.81. The first-order chi connectivity index (χ1) is 6.27. The molecule has 2 atom stereocenters. The molecule has 2 heterocycles. The molecule has 1 fully saturated rings. The molecule has 0 radical (unpaired) electrons. The highest BCUT2D eigenvalue weighted by molar-refractivity contribution is 8.00. The maximum Gasteiger partial charge on any atom is 0.0947 e. The van der Waals surface area contributed by atoms with E-state index in [0.29, 0.717) is 5.25 Å². The molecule has 3 nitrogen and oxygen atoms in total. The minimum atomic E-state index is 0.119. The molecule has 13 heavy (non-hydrogen) atoms. The lowest BCUT2D eigenvalue weighted by Gasteiger charge is -2.15. The summed E-state index contributed by atoms with van der Waals surface area (Å²) < 4.78 is 1.95. The number of aromatic nitrogens is 2. The Morgan fingerprint density at radius 3 is 3.15 bits per heavy atom. The van der Waals surface area contributed by atoms with E-state index < -0.39 is 0 Å². The smallest absolute Gasteiger partial charge is 0.0947 e. The first-order valence-corrected chi connectivity index (χ1v) is 5.67. The fourth-order valence-corrected chi connectivity index (χ4v) is 3.00. The second-order valence-corrected chi connectivity index (χ2v) is 4.89. The van der Waals surface area contributed by atoms with Gasteiger partial charge in [0.2, 0.25) is 0 Å². The summed E-state index contributed by atoms with van der Waals surface area (Å²) >= 11 is 1.98. The molecule has 4 heteroatoms. The van der Waals surface area contributed by atoms with Crippen LogP contribution in [0.5, 0.6) is 0 Å². The van der Waals surface area contributed by atoms with E-state index >= 15 is 0 Å². The maximum absolute atomic E-state index is 6.12. The van der Waals surface area contributed by atoms with Crippen molar-refractivity contribution >= 4 is 11.8 Å². The molecule has 0 spiro atoms. The van der Waals surface area contributed by atoms with Gasteiger partial charge in [0.05, 0.1) is 18.1 Å². The SMILES string of the molecule is Cn1cnc(C(N)C2CCCS2)c1. The minimum absolute atomic E-state index is 0.119. The third kappa shape index (κ3) is 1.89. The Labute approximate surface area is 82.7 Å². The summed E-state index contributed by atoms with van der Waals surface area (Å²) in [6.45, 7) is 0. The number of nitrogens with two attached hydrogens (primary N) is 1. The van der Waals surface area contributed by atoms with Gasteiger partial charge in [0.1, 0.15) is 0 Å². The Hall–Kier alpha value is -0.480. The summed E-state index contributed by atoms with van der Waals surface area (Å²) in [7, 11) is 1.98. The molecule has 0 bridgehead atoms. The summed E-state index contributed by atoms with van der Waals surface area (Å²) in [4.78, 5) is 4.28. The van der Waals surface area contributed by atoms with Gasteiger partial charge in [-0.1, -0.05) is 0 Å². The van der Waals surface area contributed by atoms with E-state index in [9.17, 15) is 0 Å². The number of nitrogens with zero attached hydrogens (tertiary/aromatic N) is 2. The molecule has 72 valence electrons. The van der Waals surface area contributed by atoms with E-state index in [4.69, 9.17) is 5.73 Å². The van der Waals surface area contributed by atoms with Crippen LogP contribution in [0.15, 0.2) is 12.5 Å². The maximum atomic E-state index is 6.12. The normalized spacial score (nSPS) is 24.9. The highest BCUT2D eigenvalue weighted by Crippen LogP contribution is 2.33. The number of hydrogen-bond donors (Lipinski definition) is 1. The summed E-state index contributed by atoms with van der Waals surface area (Å²) in [5.41, 5.74) is 7.15. The molecule has 2 rings (SSSR count). The average molecular weight is 197 g/mol. The van der Waals surface area contributed by atoms with Crippen molar-refractivity contribution in [3.05, 3.63) is 18.2 Å². The Bertz CT molecular complexity index is 278. The highest BCUT2D eigenvalue weighted by Gasteiger charge is 2.25. The number of aryl methyl sites for hydroxylation is 1. The van der Waals surface area contributed by atoms with Crippen molar-refractivity contribution in [2.75, 3.05) is 5.75 Å². The van der Waals surface area contributed by atoms with Crippen LogP contribution < -0.4 is 5.73 Å². The first-order valence-electron chi connectivity index (χ1n) is 4.62. The van der Waals surface area contributed by atoms with Crippen LogP contribution >= 0.6 is 11.8 Å². The van der Waals surface area contributed by atoms with Crippen LogP contribution in [0.3, 0.4) is 0 Å². The standard InChI is InChI=1S/C9H15N3S/c1-12-5-7(11-6-12)9(10)8-3-2-4-13-8/h5-6,8-9H,2-4,10H2,1H3. The monoisotopic (exact) mass is 197 g/mol. The van der Waals surface area contributed by atoms with Gasteiger partial charge in [-0.05, 0) is 18.6 Å². The largest absolute Gasteiger partial charge is 0.340 e. The molecule has 1 aliphatic rings. The van der Waals surface area contributed by atoms with Crippen molar-refractivity contribution < 1.29 is 0 Å². The van der Waals surface area contributed by atoms with Gasteiger partial charge in [-0.25, -0.2) is 4.98 Å². The molecule has 1 saturated heterocycles. The molecular weight excluding hydrogens is 182 g/mol. The molecule has 1 aromatic rings. The van der Waals surface area contributed by atoms with Gasteiger partial charge in [-0.2, -0.15) is 11.8 Å². The van der Waals surface area contributed by atoms with Gasteiger partial charge < -0.3 is 10.3 Å². The molecule has 2 N–H and O–H groups in total. The van der Waals surface area contributed by atoms with E-state index in [-0.39, 0.29) is 6.04 Å².